The molecule has 0 radical (unpaired) electrons. The molecule has 0 bridgehead atoms. The fraction of sp³-hybridized carbons (Fsp3) is 0.400. The van der Waals surface area contributed by atoms with E-state index in [0.717, 1.165) is 0 Å². The number of hydrogen-bond donors (Lipinski definition) is 0. The number of nitrogens with zero attached hydrogens (tertiary/aromatic N) is 1. The predicted molar refractivity (Wildman–Crippen MR) is 61.1 cm³/mol. The first-order chi connectivity index (χ1) is 7.06. The summed E-state index contributed by atoms with van der Waals surface area (Å²) in [6, 6.07) is 2.60. The smallest absolute Gasteiger partial charge is 0.144 e. The van der Waals surface area contributed by atoms with Crippen LogP contribution in [-0.4, -0.2) is 24.4 Å². The van der Waals surface area contributed by atoms with Crippen LogP contribution in [0, 0.1) is 11.6 Å². The Labute approximate surface area is 101 Å². The molecule has 1 nitrogen and oxygen atoms in total. The minimum Gasteiger partial charge on any atom is -0.301 e. The molecule has 0 aliphatic carbocycles. The van der Waals surface area contributed by atoms with Crippen LogP contribution in [0.5, 0.6) is 0 Å². The molecule has 1 rings (SSSR count). The number of benzene rings is 1. The average molecular weight is 299 g/mol. The number of hydrogen-bond acceptors (Lipinski definition) is 1. The molecule has 0 aromatic heterocycles. The first-order valence-corrected chi connectivity index (χ1v) is 5.76. The van der Waals surface area contributed by atoms with Gasteiger partial charge in [0.15, 0.2) is 0 Å². The van der Waals surface area contributed by atoms with Crippen LogP contribution in [0.3, 0.4) is 0 Å². The average Bonchev–Trinajstić information content (AvgIpc) is 2.19. The summed E-state index contributed by atoms with van der Waals surface area (Å²) in [5, 5.41) is 0. The minimum atomic E-state index is -0.545. The largest absolute Gasteiger partial charge is 0.301 e. The second-order valence-electron chi connectivity index (χ2n) is 3.25. The van der Waals surface area contributed by atoms with Crippen LogP contribution in [0.15, 0.2) is 16.6 Å². The molecule has 0 spiro atoms. The third-order valence-corrected chi connectivity index (χ3v) is 2.81. The lowest BCUT2D eigenvalue weighted by molar-refractivity contribution is 0.333. The van der Waals surface area contributed by atoms with E-state index < -0.39 is 11.6 Å². The molecule has 84 valence electrons. The van der Waals surface area contributed by atoms with E-state index in [1.165, 1.54) is 12.1 Å². The molecule has 0 unspecified atom stereocenters. The molecule has 1 aromatic carbocycles. The highest BCUT2D eigenvalue weighted by Gasteiger charge is 2.13. The molecular weight excluding hydrogens is 287 g/mol. The molecule has 0 fully saturated rings. The van der Waals surface area contributed by atoms with E-state index in [2.05, 4.69) is 15.9 Å². The Balaban J connectivity index is 2.88. The highest BCUT2D eigenvalue weighted by atomic mass is 79.9. The Kier molecular flexibility index (Phi) is 4.96. The molecule has 0 saturated heterocycles. The quantitative estimate of drug-likeness (QED) is 0.608. The Morgan fingerprint density at radius 1 is 1.40 bits per heavy atom. The zero-order valence-electron chi connectivity index (χ0n) is 8.24. The Morgan fingerprint density at radius 2 is 2.07 bits per heavy atom. The third kappa shape index (κ3) is 3.40. The van der Waals surface area contributed by atoms with Crippen molar-refractivity contribution in [3.8, 4) is 0 Å². The van der Waals surface area contributed by atoms with Gasteiger partial charge in [0.1, 0.15) is 11.6 Å². The van der Waals surface area contributed by atoms with Gasteiger partial charge in [-0.05, 0) is 35.1 Å². The van der Waals surface area contributed by atoms with Gasteiger partial charge in [-0.1, -0.05) is 0 Å². The molecule has 0 N–H and O–H groups in total. The van der Waals surface area contributed by atoms with E-state index in [0.29, 0.717) is 12.4 Å². The monoisotopic (exact) mass is 297 g/mol. The molecule has 0 saturated carbocycles. The van der Waals surface area contributed by atoms with Crippen molar-refractivity contribution in [2.75, 3.05) is 19.5 Å². The summed E-state index contributed by atoms with van der Waals surface area (Å²) in [4.78, 5) is 1.76. The lowest BCUT2D eigenvalue weighted by atomic mass is 10.2. The summed E-state index contributed by atoms with van der Waals surface area (Å²) in [5.41, 5.74) is 0.0667. The first-order valence-electron chi connectivity index (χ1n) is 4.43. The highest BCUT2D eigenvalue weighted by Crippen LogP contribution is 2.22. The maximum atomic E-state index is 13.5. The Morgan fingerprint density at radius 3 is 2.67 bits per heavy atom. The molecular formula is C10H11BrClF2N. The van der Waals surface area contributed by atoms with Crippen LogP contribution < -0.4 is 0 Å². The summed E-state index contributed by atoms with van der Waals surface area (Å²) in [6.45, 7) is 0.802. The van der Waals surface area contributed by atoms with E-state index in [4.69, 9.17) is 11.6 Å². The van der Waals surface area contributed by atoms with Crippen LogP contribution in [0.4, 0.5) is 8.78 Å². The van der Waals surface area contributed by atoms with Crippen molar-refractivity contribution in [2.24, 2.45) is 0 Å². The van der Waals surface area contributed by atoms with Gasteiger partial charge in [-0.3, -0.25) is 0 Å². The maximum Gasteiger partial charge on any atom is 0.144 e. The van der Waals surface area contributed by atoms with Crippen molar-refractivity contribution in [1.29, 1.82) is 0 Å². The molecule has 5 heteroatoms. The van der Waals surface area contributed by atoms with Crippen molar-refractivity contribution in [3.05, 3.63) is 33.8 Å². The van der Waals surface area contributed by atoms with Crippen LogP contribution in [-0.2, 0) is 6.54 Å². The SMILES string of the molecule is CN(CCCl)Cc1c(F)ccc(Br)c1F. The van der Waals surface area contributed by atoms with Crippen LogP contribution in [0.1, 0.15) is 5.56 Å². The van der Waals surface area contributed by atoms with E-state index in [1.54, 1.807) is 11.9 Å². The van der Waals surface area contributed by atoms with Gasteiger partial charge in [0.05, 0.1) is 4.47 Å². The second-order valence-corrected chi connectivity index (χ2v) is 4.48. The molecule has 0 aliphatic rings. The van der Waals surface area contributed by atoms with Gasteiger partial charge >= 0.3 is 0 Å². The van der Waals surface area contributed by atoms with E-state index >= 15 is 0 Å². The van der Waals surface area contributed by atoms with Crippen molar-refractivity contribution in [2.45, 2.75) is 6.54 Å². The molecule has 0 heterocycles. The molecule has 0 atom stereocenters. The lowest BCUT2D eigenvalue weighted by Gasteiger charge is -2.16. The van der Waals surface area contributed by atoms with Crippen LogP contribution in [0.25, 0.3) is 0 Å². The van der Waals surface area contributed by atoms with Gasteiger partial charge in [-0.15, -0.1) is 11.6 Å². The molecule has 1 aromatic rings. The summed E-state index contributed by atoms with van der Waals surface area (Å²) < 4.78 is 27.1. The molecule has 0 aliphatic heterocycles. The highest BCUT2D eigenvalue weighted by molar-refractivity contribution is 9.10. The fourth-order valence-electron chi connectivity index (χ4n) is 1.21. The number of halogens is 4. The van der Waals surface area contributed by atoms with Gasteiger partial charge in [-0.2, -0.15) is 0 Å². The lowest BCUT2D eigenvalue weighted by Crippen LogP contribution is -2.21. The van der Waals surface area contributed by atoms with Gasteiger partial charge in [0.25, 0.3) is 0 Å². The van der Waals surface area contributed by atoms with E-state index in [-0.39, 0.29) is 16.6 Å². The van der Waals surface area contributed by atoms with E-state index in [1.807, 2.05) is 0 Å². The normalized spacial score (nSPS) is 11.1. The zero-order valence-corrected chi connectivity index (χ0v) is 10.6. The zero-order chi connectivity index (χ0) is 11.4. The minimum absolute atomic E-state index is 0.0667. The van der Waals surface area contributed by atoms with E-state index in [9.17, 15) is 8.78 Å². The van der Waals surface area contributed by atoms with Gasteiger partial charge in [-0.25, -0.2) is 8.78 Å². The van der Waals surface area contributed by atoms with Crippen molar-refractivity contribution < 1.29 is 8.78 Å². The van der Waals surface area contributed by atoms with Crippen LogP contribution in [0.2, 0.25) is 0 Å². The molecule has 15 heavy (non-hydrogen) atoms. The van der Waals surface area contributed by atoms with Gasteiger partial charge < -0.3 is 4.90 Å². The van der Waals surface area contributed by atoms with Gasteiger partial charge in [0, 0.05) is 24.5 Å². The van der Waals surface area contributed by atoms with Crippen molar-refractivity contribution in [1.82, 2.24) is 4.90 Å². The first kappa shape index (κ1) is 12.9. The molecule has 0 amide bonds. The third-order valence-electron chi connectivity index (χ3n) is 2.03. The number of alkyl halides is 1. The maximum absolute atomic E-state index is 13.5. The Bertz CT molecular complexity index is 346. The fourth-order valence-corrected chi connectivity index (χ4v) is 1.87. The van der Waals surface area contributed by atoms with Crippen molar-refractivity contribution in [3.63, 3.8) is 0 Å². The summed E-state index contributed by atoms with van der Waals surface area (Å²) in [6.07, 6.45) is 0. The standard InChI is InChI=1S/C10H11BrClF2N/c1-15(5-4-12)6-7-9(13)3-2-8(11)10(7)14/h2-3H,4-6H2,1H3. The second kappa shape index (κ2) is 5.77. The predicted octanol–water partition coefficient (Wildman–Crippen LogP) is 3.40. The van der Waals surface area contributed by atoms with Crippen molar-refractivity contribution >= 4 is 27.5 Å². The summed E-state index contributed by atoms with van der Waals surface area (Å²) >= 11 is 8.56. The Hall–Kier alpha value is -0.190. The van der Waals surface area contributed by atoms with Gasteiger partial charge in [0.2, 0.25) is 0 Å². The number of rotatable bonds is 4. The van der Waals surface area contributed by atoms with Crippen LogP contribution >= 0.6 is 27.5 Å². The summed E-state index contributed by atoms with van der Waals surface area (Å²) in [5.74, 6) is -0.637. The topological polar surface area (TPSA) is 3.24 Å². The summed E-state index contributed by atoms with van der Waals surface area (Å²) in [7, 11) is 1.77.